The maximum absolute atomic E-state index is 7.62. The van der Waals surface area contributed by atoms with Gasteiger partial charge in [0.05, 0.1) is 39.6 Å². The van der Waals surface area contributed by atoms with Crippen molar-refractivity contribution >= 4 is 0 Å². The van der Waals surface area contributed by atoms with Gasteiger partial charge in [-0.25, -0.2) is 0 Å². The standard InChI is InChI=1S/7C3H6.3C2H6O2/c7*1-3-2;3*3-1-2-4/h7*3H,1H2,2H3;3*3-4H,1-2H2. The van der Waals surface area contributed by atoms with Crippen LogP contribution in [-0.2, 0) is 0 Å². The molecule has 0 aromatic carbocycles. The van der Waals surface area contributed by atoms with E-state index in [0.29, 0.717) is 0 Å². The Bertz CT molecular complexity index is 191. The number of rotatable bonds is 3. The quantitative estimate of drug-likeness (QED) is 0.306. The lowest BCUT2D eigenvalue weighted by Crippen LogP contribution is -1.85. The van der Waals surface area contributed by atoms with E-state index >= 15 is 0 Å². The first-order valence-electron chi connectivity index (χ1n) is 10.3. The van der Waals surface area contributed by atoms with Crippen LogP contribution in [0.4, 0.5) is 0 Å². The molecule has 0 saturated heterocycles. The molecule has 6 nitrogen and oxygen atoms in total. The van der Waals surface area contributed by atoms with Crippen LogP contribution in [0.5, 0.6) is 0 Å². The van der Waals surface area contributed by atoms with Gasteiger partial charge in [0.1, 0.15) is 0 Å². The summed E-state index contributed by atoms with van der Waals surface area (Å²) in [6.07, 6.45) is 12.2. The summed E-state index contributed by atoms with van der Waals surface area (Å²) in [6, 6.07) is 0. The van der Waals surface area contributed by atoms with Crippen LogP contribution in [0.25, 0.3) is 0 Å². The van der Waals surface area contributed by atoms with Gasteiger partial charge in [0.2, 0.25) is 0 Å². The number of hydrogen-bond donors (Lipinski definition) is 6. The Morgan fingerprint density at radius 1 is 0.303 bits per heavy atom. The van der Waals surface area contributed by atoms with Crippen molar-refractivity contribution in [3.05, 3.63) is 88.6 Å². The molecule has 0 aliphatic carbocycles. The highest BCUT2D eigenvalue weighted by molar-refractivity contribution is 4.53. The average molecular weight is 481 g/mol. The molecule has 6 heteroatoms. The van der Waals surface area contributed by atoms with Gasteiger partial charge >= 0.3 is 0 Å². The summed E-state index contributed by atoms with van der Waals surface area (Å²) in [5.41, 5.74) is 0. The Balaban J connectivity index is -0.0000000223. The van der Waals surface area contributed by atoms with Gasteiger partial charge < -0.3 is 30.6 Å². The van der Waals surface area contributed by atoms with Crippen LogP contribution in [0.15, 0.2) is 88.6 Å². The van der Waals surface area contributed by atoms with Crippen LogP contribution < -0.4 is 0 Å². The minimum atomic E-state index is -0.125. The molecule has 0 aromatic rings. The predicted octanol–water partition coefficient (Wildman–Crippen LogP) is 5.26. The Hall–Kier alpha value is -2.06. The van der Waals surface area contributed by atoms with Crippen LogP contribution in [0, 0.1) is 0 Å². The molecule has 0 bridgehead atoms. The molecule has 0 unspecified atom stereocenters. The molecular formula is C27H60O6. The van der Waals surface area contributed by atoms with E-state index in [1.807, 2.05) is 48.5 Å². The number of allylic oxidation sites excluding steroid dienone is 7. The Labute approximate surface area is 207 Å². The van der Waals surface area contributed by atoms with Gasteiger partial charge in [0, 0.05) is 0 Å². The van der Waals surface area contributed by atoms with Gasteiger partial charge in [0.25, 0.3) is 0 Å². The second kappa shape index (κ2) is 210. The highest BCUT2D eigenvalue weighted by Crippen LogP contribution is 1.41. The van der Waals surface area contributed by atoms with Crippen molar-refractivity contribution in [3.63, 3.8) is 0 Å². The molecule has 0 aliphatic rings. The zero-order valence-corrected chi connectivity index (χ0v) is 22.9. The molecule has 0 saturated carbocycles. The van der Waals surface area contributed by atoms with Gasteiger partial charge in [-0.1, -0.05) is 42.5 Å². The summed E-state index contributed by atoms with van der Waals surface area (Å²) in [4.78, 5) is 0. The van der Waals surface area contributed by atoms with Crippen LogP contribution >= 0.6 is 0 Å². The SMILES string of the molecule is C=CC.C=CC.C=CC.C=CC.C=CC.C=CC.C=CC.OCCO.OCCO.OCCO. The van der Waals surface area contributed by atoms with Gasteiger partial charge in [-0.3, -0.25) is 0 Å². The summed E-state index contributed by atoms with van der Waals surface area (Å²) in [7, 11) is 0. The molecule has 0 atom stereocenters. The second-order valence-corrected chi connectivity index (χ2v) is 4.20. The Morgan fingerprint density at radius 3 is 0.333 bits per heavy atom. The average Bonchev–Trinajstić information content (AvgIpc) is 2.78. The minimum absolute atomic E-state index is 0.125. The van der Waals surface area contributed by atoms with Crippen LogP contribution in [-0.4, -0.2) is 70.3 Å². The molecule has 33 heavy (non-hydrogen) atoms. The van der Waals surface area contributed by atoms with Crippen LogP contribution in [0.3, 0.4) is 0 Å². The predicted molar refractivity (Wildman–Crippen MR) is 154 cm³/mol. The topological polar surface area (TPSA) is 121 Å². The number of aliphatic hydroxyl groups excluding tert-OH is 6. The van der Waals surface area contributed by atoms with Gasteiger partial charge in [-0.2, -0.15) is 0 Å². The fourth-order valence-corrected chi connectivity index (χ4v) is 0. The van der Waals surface area contributed by atoms with E-state index in [2.05, 4.69) is 46.1 Å². The zero-order chi connectivity index (χ0) is 29.2. The molecule has 0 aromatic heterocycles. The lowest BCUT2D eigenvalue weighted by atomic mass is 10.8. The smallest absolute Gasteiger partial charge is 0.0662 e. The Morgan fingerprint density at radius 2 is 0.333 bits per heavy atom. The van der Waals surface area contributed by atoms with E-state index in [-0.39, 0.29) is 39.6 Å². The molecule has 0 fully saturated rings. The van der Waals surface area contributed by atoms with Crippen molar-refractivity contribution < 1.29 is 30.6 Å². The van der Waals surface area contributed by atoms with Crippen LogP contribution in [0.1, 0.15) is 48.5 Å². The van der Waals surface area contributed by atoms with Crippen molar-refractivity contribution in [2.45, 2.75) is 48.5 Å². The van der Waals surface area contributed by atoms with Crippen molar-refractivity contribution in [2.24, 2.45) is 0 Å². The number of hydrogen-bond acceptors (Lipinski definition) is 6. The minimum Gasteiger partial charge on any atom is -0.394 e. The lowest BCUT2D eigenvalue weighted by molar-refractivity contribution is 0.186. The van der Waals surface area contributed by atoms with E-state index in [1.54, 1.807) is 42.5 Å². The summed E-state index contributed by atoms with van der Waals surface area (Å²) >= 11 is 0. The third-order valence-corrected chi connectivity index (χ3v) is 0.300. The second-order valence-electron chi connectivity index (χ2n) is 4.20. The fourth-order valence-electron chi connectivity index (χ4n) is 0. The normalized spacial score (nSPS) is 5.48. The van der Waals surface area contributed by atoms with E-state index < -0.39 is 0 Å². The highest BCUT2D eigenvalue weighted by Gasteiger charge is 1.58. The largest absolute Gasteiger partial charge is 0.394 e. The lowest BCUT2D eigenvalue weighted by Gasteiger charge is -1.70. The molecule has 0 heterocycles. The zero-order valence-electron chi connectivity index (χ0n) is 22.9. The molecular weight excluding hydrogens is 420 g/mol. The monoisotopic (exact) mass is 480 g/mol. The molecule has 0 aliphatic heterocycles. The summed E-state index contributed by atoms with van der Waals surface area (Å²) < 4.78 is 0. The molecule has 0 rings (SSSR count). The van der Waals surface area contributed by atoms with Gasteiger partial charge in [-0.15, -0.1) is 46.1 Å². The van der Waals surface area contributed by atoms with Crippen LogP contribution in [0.2, 0.25) is 0 Å². The van der Waals surface area contributed by atoms with E-state index in [4.69, 9.17) is 30.6 Å². The summed E-state index contributed by atoms with van der Waals surface area (Å²) in [5.74, 6) is 0. The molecule has 0 radical (unpaired) electrons. The highest BCUT2D eigenvalue weighted by atomic mass is 16.3. The maximum Gasteiger partial charge on any atom is 0.0662 e. The molecule has 204 valence electrons. The maximum atomic E-state index is 7.62. The van der Waals surface area contributed by atoms with Gasteiger partial charge in [0.15, 0.2) is 0 Å². The van der Waals surface area contributed by atoms with Gasteiger partial charge in [-0.05, 0) is 48.5 Å². The summed E-state index contributed by atoms with van der Waals surface area (Å²) in [5, 5.41) is 45.8. The van der Waals surface area contributed by atoms with E-state index in [1.165, 1.54) is 0 Å². The third-order valence-electron chi connectivity index (χ3n) is 0.300. The first kappa shape index (κ1) is 63.3. The molecule has 0 amide bonds. The van der Waals surface area contributed by atoms with Crippen molar-refractivity contribution in [3.8, 4) is 0 Å². The molecule has 0 spiro atoms. The summed E-state index contributed by atoms with van der Waals surface area (Å²) in [6.45, 7) is 36.0. The molecule has 6 N–H and O–H groups in total. The van der Waals surface area contributed by atoms with Crippen molar-refractivity contribution in [1.82, 2.24) is 0 Å². The third kappa shape index (κ3) is 26500. The first-order valence-corrected chi connectivity index (χ1v) is 10.3. The first-order chi connectivity index (χ1) is 15.6. The van der Waals surface area contributed by atoms with Crippen molar-refractivity contribution in [1.29, 1.82) is 0 Å². The van der Waals surface area contributed by atoms with E-state index in [9.17, 15) is 0 Å². The van der Waals surface area contributed by atoms with Crippen molar-refractivity contribution in [2.75, 3.05) is 39.6 Å². The number of aliphatic hydroxyl groups is 6. The Kier molecular flexibility index (Phi) is 402. The van der Waals surface area contributed by atoms with E-state index in [0.717, 1.165) is 0 Å². The fraction of sp³-hybridized carbons (Fsp3) is 0.481.